The highest BCUT2D eigenvalue weighted by Gasteiger charge is 2.28. The smallest absolute Gasteiger partial charge is 0.288 e. The minimum atomic E-state index is -2.54. The Bertz CT molecular complexity index is 459. The van der Waals surface area contributed by atoms with Crippen LogP contribution >= 0.6 is 11.8 Å². The summed E-state index contributed by atoms with van der Waals surface area (Å²) in [5, 5.41) is 14.8. The molecule has 1 aromatic rings. The monoisotopic (exact) mass is 288 g/mol. The highest BCUT2D eigenvalue weighted by molar-refractivity contribution is 7.99. The lowest BCUT2D eigenvalue weighted by Crippen LogP contribution is -2.35. The Hall–Kier alpha value is -1.18. The van der Waals surface area contributed by atoms with Gasteiger partial charge in [0.05, 0.1) is 17.8 Å². The SMILES string of the molecule is O=C(Nc1ccccc1SC(F)F)C1CC(O)CN1. The van der Waals surface area contributed by atoms with Crippen molar-refractivity contribution < 1.29 is 18.7 Å². The van der Waals surface area contributed by atoms with Crippen molar-refractivity contribution in [2.45, 2.75) is 29.2 Å². The van der Waals surface area contributed by atoms with Crippen LogP contribution < -0.4 is 10.6 Å². The van der Waals surface area contributed by atoms with Crippen LogP contribution in [-0.4, -0.2) is 35.5 Å². The van der Waals surface area contributed by atoms with Crippen LogP contribution in [0.5, 0.6) is 0 Å². The van der Waals surface area contributed by atoms with E-state index in [2.05, 4.69) is 10.6 Å². The van der Waals surface area contributed by atoms with E-state index in [0.29, 0.717) is 35.3 Å². The maximum absolute atomic E-state index is 12.4. The first kappa shape index (κ1) is 14.2. The lowest BCUT2D eigenvalue weighted by molar-refractivity contribution is -0.117. The number of hydrogen-bond acceptors (Lipinski definition) is 4. The molecule has 1 aliphatic rings. The van der Waals surface area contributed by atoms with Crippen molar-refractivity contribution in [1.29, 1.82) is 0 Å². The van der Waals surface area contributed by atoms with Gasteiger partial charge in [0.25, 0.3) is 5.76 Å². The van der Waals surface area contributed by atoms with E-state index < -0.39 is 17.9 Å². The number of benzene rings is 1. The number of hydrogen-bond donors (Lipinski definition) is 3. The molecule has 1 saturated heterocycles. The van der Waals surface area contributed by atoms with Crippen molar-refractivity contribution >= 4 is 23.4 Å². The molecular weight excluding hydrogens is 274 g/mol. The van der Waals surface area contributed by atoms with E-state index in [9.17, 15) is 18.7 Å². The number of aliphatic hydroxyl groups is 1. The second kappa shape index (κ2) is 6.31. The van der Waals surface area contributed by atoms with E-state index >= 15 is 0 Å². The van der Waals surface area contributed by atoms with E-state index in [4.69, 9.17) is 0 Å². The molecule has 7 heteroatoms. The highest BCUT2D eigenvalue weighted by Crippen LogP contribution is 2.31. The second-order valence-electron chi connectivity index (χ2n) is 4.21. The number of alkyl halides is 2. The molecule has 2 atom stereocenters. The van der Waals surface area contributed by atoms with Gasteiger partial charge in [-0.1, -0.05) is 23.9 Å². The van der Waals surface area contributed by atoms with Gasteiger partial charge < -0.3 is 15.7 Å². The van der Waals surface area contributed by atoms with Gasteiger partial charge in [0.2, 0.25) is 5.91 Å². The van der Waals surface area contributed by atoms with E-state index in [1.165, 1.54) is 6.07 Å². The number of carbonyl (C=O) groups is 1. The Morgan fingerprint density at radius 3 is 2.84 bits per heavy atom. The molecule has 0 aliphatic carbocycles. The third-order valence-corrected chi connectivity index (χ3v) is 3.57. The van der Waals surface area contributed by atoms with Gasteiger partial charge in [-0.05, 0) is 18.6 Å². The minimum absolute atomic E-state index is 0.320. The summed E-state index contributed by atoms with van der Waals surface area (Å²) in [5.74, 6) is -2.86. The molecular formula is C12H14F2N2O2S. The molecule has 1 heterocycles. The molecule has 0 bridgehead atoms. The van der Waals surface area contributed by atoms with Crippen molar-refractivity contribution in [1.82, 2.24) is 5.32 Å². The maximum Gasteiger partial charge on any atom is 0.288 e. The van der Waals surface area contributed by atoms with Crippen LogP contribution in [-0.2, 0) is 4.79 Å². The number of anilines is 1. The van der Waals surface area contributed by atoms with Crippen molar-refractivity contribution in [2.75, 3.05) is 11.9 Å². The molecule has 1 aliphatic heterocycles. The van der Waals surface area contributed by atoms with Crippen molar-refractivity contribution in [2.24, 2.45) is 0 Å². The number of aliphatic hydroxyl groups excluding tert-OH is 1. The second-order valence-corrected chi connectivity index (χ2v) is 5.25. The number of rotatable bonds is 4. The summed E-state index contributed by atoms with van der Waals surface area (Å²) in [4.78, 5) is 12.2. The first-order valence-electron chi connectivity index (χ1n) is 5.82. The largest absolute Gasteiger partial charge is 0.392 e. The van der Waals surface area contributed by atoms with E-state index in [0.717, 1.165) is 0 Å². The number of carbonyl (C=O) groups excluding carboxylic acids is 1. The lowest BCUT2D eigenvalue weighted by atomic mass is 10.2. The quantitative estimate of drug-likeness (QED) is 0.738. The number of β-amino-alcohol motifs (C(OH)–C–C–N with tert-alkyl or cyclic N) is 1. The Morgan fingerprint density at radius 2 is 2.21 bits per heavy atom. The zero-order chi connectivity index (χ0) is 13.8. The van der Waals surface area contributed by atoms with E-state index in [-0.39, 0.29) is 5.91 Å². The number of halogens is 2. The molecule has 3 N–H and O–H groups in total. The van der Waals surface area contributed by atoms with Crippen LogP contribution in [0.25, 0.3) is 0 Å². The van der Waals surface area contributed by atoms with Crippen molar-refractivity contribution in [3.63, 3.8) is 0 Å². The van der Waals surface area contributed by atoms with Gasteiger partial charge in [0.15, 0.2) is 0 Å². The normalized spacial score (nSPS) is 22.7. The topological polar surface area (TPSA) is 61.4 Å². The van der Waals surface area contributed by atoms with E-state index in [1.54, 1.807) is 18.2 Å². The first-order chi connectivity index (χ1) is 9.06. The molecule has 19 heavy (non-hydrogen) atoms. The molecule has 1 aromatic carbocycles. The van der Waals surface area contributed by atoms with Gasteiger partial charge in [-0.25, -0.2) is 0 Å². The predicted molar refractivity (Wildman–Crippen MR) is 69.3 cm³/mol. The standard InChI is InChI=1S/C12H14F2N2O2S/c13-12(14)19-10-4-2-1-3-8(10)16-11(18)9-5-7(17)6-15-9/h1-4,7,9,12,15,17H,5-6H2,(H,16,18). The van der Waals surface area contributed by atoms with Gasteiger partial charge in [0, 0.05) is 11.4 Å². The minimum Gasteiger partial charge on any atom is -0.392 e. The Kier molecular flexibility index (Phi) is 4.73. The fourth-order valence-corrected chi connectivity index (χ4v) is 2.50. The van der Waals surface area contributed by atoms with Crippen LogP contribution in [0.15, 0.2) is 29.2 Å². The molecule has 104 valence electrons. The Labute approximate surface area is 113 Å². The van der Waals surface area contributed by atoms with Crippen LogP contribution in [0.1, 0.15) is 6.42 Å². The number of thioether (sulfide) groups is 1. The zero-order valence-corrected chi connectivity index (χ0v) is 10.8. The van der Waals surface area contributed by atoms with Gasteiger partial charge in [-0.15, -0.1) is 0 Å². The molecule has 1 fully saturated rings. The summed E-state index contributed by atoms with van der Waals surface area (Å²) in [6, 6.07) is 5.93. The van der Waals surface area contributed by atoms with Gasteiger partial charge >= 0.3 is 0 Å². The Balaban J connectivity index is 2.04. The molecule has 0 aromatic heterocycles. The number of para-hydroxylation sites is 1. The molecule has 4 nitrogen and oxygen atoms in total. The summed E-state index contributed by atoms with van der Waals surface area (Å²) in [6.45, 7) is 0.367. The van der Waals surface area contributed by atoms with Crippen molar-refractivity contribution in [3.8, 4) is 0 Å². The average Bonchev–Trinajstić information content (AvgIpc) is 2.78. The molecule has 1 amide bonds. The van der Waals surface area contributed by atoms with Crippen LogP contribution in [0.2, 0.25) is 0 Å². The lowest BCUT2D eigenvalue weighted by Gasteiger charge is -2.13. The van der Waals surface area contributed by atoms with Gasteiger partial charge in [-0.3, -0.25) is 4.79 Å². The summed E-state index contributed by atoms with van der Waals surface area (Å²) < 4.78 is 24.8. The number of nitrogens with one attached hydrogen (secondary N) is 2. The molecule has 2 unspecified atom stereocenters. The van der Waals surface area contributed by atoms with Crippen LogP contribution in [0, 0.1) is 0 Å². The van der Waals surface area contributed by atoms with Crippen molar-refractivity contribution in [3.05, 3.63) is 24.3 Å². The highest BCUT2D eigenvalue weighted by atomic mass is 32.2. The van der Waals surface area contributed by atoms with Crippen LogP contribution in [0.3, 0.4) is 0 Å². The Morgan fingerprint density at radius 1 is 1.47 bits per heavy atom. The first-order valence-corrected chi connectivity index (χ1v) is 6.70. The molecule has 0 radical (unpaired) electrons. The van der Waals surface area contributed by atoms with Gasteiger partial charge in [0.1, 0.15) is 0 Å². The third kappa shape index (κ3) is 3.89. The third-order valence-electron chi connectivity index (χ3n) is 2.79. The summed E-state index contributed by atoms with van der Waals surface area (Å²) in [6.07, 6.45) is -0.211. The van der Waals surface area contributed by atoms with E-state index in [1.807, 2.05) is 0 Å². The summed E-state index contributed by atoms with van der Waals surface area (Å²) in [7, 11) is 0. The maximum atomic E-state index is 12.4. The average molecular weight is 288 g/mol. The molecule has 0 spiro atoms. The fraction of sp³-hybridized carbons (Fsp3) is 0.417. The summed E-state index contributed by atoms with van der Waals surface area (Å²) >= 11 is 0.392. The fourth-order valence-electron chi connectivity index (χ4n) is 1.91. The van der Waals surface area contributed by atoms with Crippen LogP contribution in [0.4, 0.5) is 14.5 Å². The molecule has 2 rings (SSSR count). The number of amides is 1. The molecule has 0 saturated carbocycles. The summed E-state index contributed by atoms with van der Waals surface area (Å²) in [5.41, 5.74) is 0.362. The predicted octanol–water partition coefficient (Wildman–Crippen LogP) is 1.66. The van der Waals surface area contributed by atoms with Gasteiger partial charge in [-0.2, -0.15) is 8.78 Å². The zero-order valence-electron chi connectivity index (χ0n) is 9.98.